The maximum absolute atomic E-state index is 12.6. The standard InChI is InChI=1S/C11H10ClF3O/c1-6(2)10(16)9-7(11(13,14)15)4-3-5-8(9)12/h3-6H,1-2H3. The zero-order valence-electron chi connectivity index (χ0n) is 8.73. The van der Waals surface area contributed by atoms with Gasteiger partial charge in [-0.05, 0) is 12.1 Å². The molecule has 0 amide bonds. The second-order valence-electron chi connectivity index (χ2n) is 3.68. The van der Waals surface area contributed by atoms with Crippen LogP contribution in [0.25, 0.3) is 0 Å². The van der Waals surface area contributed by atoms with E-state index in [1.54, 1.807) is 0 Å². The quantitative estimate of drug-likeness (QED) is 0.719. The highest BCUT2D eigenvalue weighted by Crippen LogP contribution is 2.35. The van der Waals surface area contributed by atoms with Crippen molar-refractivity contribution < 1.29 is 18.0 Å². The van der Waals surface area contributed by atoms with Gasteiger partial charge in [0.1, 0.15) is 0 Å². The molecule has 0 atom stereocenters. The van der Waals surface area contributed by atoms with E-state index in [1.165, 1.54) is 26.0 Å². The Morgan fingerprint density at radius 1 is 1.31 bits per heavy atom. The number of rotatable bonds is 2. The van der Waals surface area contributed by atoms with Crippen LogP contribution in [0.2, 0.25) is 5.02 Å². The van der Waals surface area contributed by atoms with Gasteiger partial charge in [0, 0.05) is 11.5 Å². The van der Waals surface area contributed by atoms with Crippen LogP contribution in [-0.4, -0.2) is 5.78 Å². The van der Waals surface area contributed by atoms with Crippen molar-refractivity contribution in [2.75, 3.05) is 0 Å². The normalized spacial score (nSPS) is 11.9. The molecule has 0 radical (unpaired) electrons. The van der Waals surface area contributed by atoms with Crippen LogP contribution in [0.15, 0.2) is 18.2 Å². The largest absolute Gasteiger partial charge is 0.417 e. The van der Waals surface area contributed by atoms with Crippen molar-refractivity contribution in [1.29, 1.82) is 0 Å². The van der Waals surface area contributed by atoms with Crippen LogP contribution in [-0.2, 0) is 6.18 Å². The molecule has 0 bridgehead atoms. The molecule has 0 aliphatic carbocycles. The summed E-state index contributed by atoms with van der Waals surface area (Å²) in [6, 6.07) is 3.33. The van der Waals surface area contributed by atoms with Gasteiger partial charge in [-0.25, -0.2) is 0 Å². The van der Waals surface area contributed by atoms with Gasteiger partial charge in [0.25, 0.3) is 0 Å². The van der Waals surface area contributed by atoms with E-state index in [0.717, 1.165) is 6.07 Å². The number of alkyl halides is 3. The number of carbonyl (C=O) groups excluding carboxylic acids is 1. The van der Waals surface area contributed by atoms with Crippen LogP contribution >= 0.6 is 11.6 Å². The van der Waals surface area contributed by atoms with Gasteiger partial charge in [0.2, 0.25) is 0 Å². The minimum atomic E-state index is -4.56. The van der Waals surface area contributed by atoms with Crippen molar-refractivity contribution in [1.82, 2.24) is 0 Å². The van der Waals surface area contributed by atoms with Crippen molar-refractivity contribution >= 4 is 17.4 Å². The van der Waals surface area contributed by atoms with E-state index in [4.69, 9.17) is 11.6 Å². The summed E-state index contributed by atoms with van der Waals surface area (Å²) >= 11 is 5.65. The third kappa shape index (κ3) is 2.55. The van der Waals surface area contributed by atoms with Crippen molar-refractivity contribution in [2.24, 2.45) is 5.92 Å². The summed E-state index contributed by atoms with van der Waals surface area (Å²) < 4.78 is 37.9. The summed E-state index contributed by atoms with van der Waals surface area (Å²) in [7, 11) is 0. The molecule has 0 aliphatic heterocycles. The highest BCUT2D eigenvalue weighted by molar-refractivity contribution is 6.34. The Hall–Kier alpha value is -1.03. The van der Waals surface area contributed by atoms with E-state index in [9.17, 15) is 18.0 Å². The third-order valence-corrected chi connectivity index (χ3v) is 2.40. The van der Waals surface area contributed by atoms with Gasteiger partial charge in [-0.15, -0.1) is 0 Å². The van der Waals surface area contributed by atoms with Gasteiger partial charge in [-0.3, -0.25) is 4.79 Å². The molecule has 0 aliphatic rings. The van der Waals surface area contributed by atoms with Gasteiger partial charge in [0.05, 0.1) is 10.6 Å². The Bertz CT molecular complexity index is 410. The average Bonchev–Trinajstić information content (AvgIpc) is 2.14. The second-order valence-corrected chi connectivity index (χ2v) is 4.09. The van der Waals surface area contributed by atoms with Crippen molar-refractivity contribution in [2.45, 2.75) is 20.0 Å². The Labute approximate surface area is 96.2 Å². The monoisotopic (exact) mass is 250 g/mol. The van der Waals surface area contributed by atoms with Crippen LogP contribution in [0.5, 0.6) is 0 Å². The maximum Gasteiger partial charge on any atom is 0.417 e. The number of Topliss-reactive ketones (excluding diaryl/α,β-unsaturated/α-hetero) is 1. The van der Waals surface area contributed by atoms with E-state index in [2.05, 4.69) is 0 Å². The lowest BCUT2D eigenvalue weighted by molar-refractivity contribution is -0.137. The highest BCUT2D eigenvalue weighted by atomic mass is 35.5. The zero-order chi connectivity index (χ0) is 12.5. The molecular formula is C11H10ClF3O. The van der Waals surface area contributed by atoms with Crippen LogP contribution in [0.3, 0.4) is 0 Å². The summed E-state index contributed by atoms with van der Waals surface area (Å²) in [5.41, 5.74) is -1.41. The SMILES string of the molecule is CC(C)C(=O)c1c(Cl)cccc1C(F)(F)F. The molecule has 1 aromatic carbocycles. The summed E-state index contributed by atoms with van der Waals surface area (Å²) in [6.45, 7) is 3.07. The van der Waals surface area contributed by atoms with Gasteiger partial charge < -0.3 is 0 Å². The fraction of sp³-hybridized carbons (Fsp3) is 0.364. The molecule has 88 valence electrons. The smallest absolute Gasteiger partial charge is 0.294 e. The summed E-state index contributed by atoms with van der Waals surface area (Å²) in [4.78, 5) is 11.6. The Kier molecular flexibility index (Phi) is 3.63. The molecule has 16 heavy (non-hydrogen) atoms. The molecule has 0 N–H and O–H groups in total. The van der Waals surface area contributed by atoms with E-state index in [0.29, 0.717) is 0 Å². The van der Waals surface area contributed by atoms with E-state index in [-0.39, 0.29) is 5.02 Å². The second kappa shape index (κ2) is 4.45. The van der Waals surface area contributed by atoms with Crippen LogP contribution in [0.4, 0.5) is 13.2 Å². The predicted molar refractivity (Wildman–Crippen MR) is 55.6 cm³/mol. The van der Waals surface area contributed by atoms with Crippen LogP contribution in [0, 0.1) is 5.92 Å². The van der Waals surface area contributed by atoms with Crippen LogP contribution in [0.1, 0.15) is 29.8 Å². The number of hydrogen-bond acceptors (Lipinski definition) is 1. The maximum atomic E-state index is 12.6. The lowest BCUT2D eigenvalue weighted by Gasteiger charge is -2.14. The number of hydrogen-bond donors (Lipinski definition) is 0. The van der Waals surface area contributed by atoms with Crippen molar-refractivity contribution in [3.63, 3.8) is 0 Å². The van der Waals surface area contributed by atoms with Crippen molar-refractivity contribution in [3.05, 3.63) is 34.3 Å². The molecule has 0 aromatic heterocycles. The van der Waals surface area contributed by atoms with Crippen LogP contribution < -0.4 is 0 Å². The van der Waals surface area contributed by atoms with Gasteiger partial charge in [-0.2, -0.15) is 13.2 Å². The lowest BCUT2D eigenvalue weighted by atomic mass is 9.96. The minimum Gasteiger partial charge on any atom is -0.294 e. The first kappa shape index (κ1) is 13.0. The van der Waals surface area contributed by atoms with E-state index < -0.39 is 29.0 Å². The minimum absolute atomic E-state index is 0.159. The molecule has 0 unspecified atom stereocenters. The highest BCUT2D eigenvalue weighted by Gasteiger charge is 2.36. The van der Waals surface area contributed by atoms with E-state index in [1.807, 2.05) is 0 Å². The first-order valence-electron chi connectivity index (χ1n) is 4.65. The molecular weight excluding hydrogens is 241 g/mol. The van der Waals surface area contributed by atoms with Gasteiger partial charge in [-0.1, -0.05) is 31.5 Å². The van der Waals surface area contributed by atoms with E-state index >= 15 is 0 Å². The fourth-order valence-corrected chi connectivity index (χ4v) is 1.57. The first-order valence-corrected chi connectivity index (χ1v) is 5.03. The zero-order valence-corrected chi connectivity index (χ0v) is 9.49. The third-order valence-electron chi connectivity index (χ3n) is 2.09. The number of halogens is 4. The molecule has 5 heteroatoms. The molecule has 1 nitrogen and oxygen atoms in total. The summed E-state index contributed by atoms with van der Waals surface area (Å²) in [5.74, 6) is -1.13. The molecule has 0 fully saturated rings. The Morgan fingerprint density at radius 2 is 1.88 bits per heavy atom. The lowest BCUT2D eigenvalue weighted by Crippen LogP contribution is -2.17. The summed E-state index contributed by atoms with van der Waals surface area (Å²) in [5, 5.41) is -0.159. The number of carbonyl (C=O) groups is 1. The fourth-order valence-electron chi connectivity index (χ4n) is 1.30. The average molecular weight is 251 g/mol. The Morgan fingerprint density at radius 3 is 2.31 bits per heavy atom. The molecule has 0 saturated carbocycles. The topological polar surface area (TPSA) is 17.1 Å². The summed E-state index contributed by atoms with van der Waals surface area (Å²) in [6.07, 6.45) is -4.56. The molecule has 0 saturated heterocycles. The number of benzene rings is 1. The first-order chi connectivity index (χ1) is 7.25. The number of ketones is 1. The molecule has 1 rings (SSSR count). The van der Waals surface area contributed by atoms with Gasteiger partial charge in [0.15, 0.2) is 5.78 Å². The predicted octanol–water partition coefficient (Wildman–Crippen LogP) is 4.20. The Balaban J connectivity index is 3.41. The molecule has 1 aromatic rings. The molecule has 0 heterocycles. The molecule has 0 spiro atoms. The van der Waals surface area contributed by atoms with Crippen molar-refractivity contribution in [3.8, 4) is 0 Å². The van der Waals surface area contributed by atoms with Gasteiger partial charge >= 0.3 is 6.18 Å².